The number of thiophene rings is 1. The number of ether oxygens (including phenoxy) is 2. The molecule has 3 aromatic heterocycles. The summed E-state index contributed by atoms with van der Waals surface area (Å²) in [5.74, 6) is 0.725. The van der Waals surface area contributed by atoms with Gasteiger partial charge in [0.2, 0.25) is 5.88 Å². The third-order valence-electron chi connectivity index (χ3n) is 4.26. The number of rotatable bonds is 6. The van der Waals surface area contributed by atoms with Crippen molar-refractivity contribution in [2.45, 2.75) is 13.5 Å². The largest absolute Gasteiger partial charge is 0.480 e. The lowest BCUT2D eigenvalue weighted by Gasteiger charge is -2.05. The fourth-order valence-electron chi connectivity index (χ4n) is 2.92. The van der Waals surface area contributed by atoms with Gasteiger partial charge in [-0.2, -0.15) is 4.98 Å². The summed E-state index contributed by atoms with van der Waals surface area (Å²) in [4.78, 5) is 28.4. The maximum Gasteiger partial charge on any atom is 0.267 e. The summed E-state index contributed by atoms with van der Waals surface area (Å²) >= 11 is 2.73. The van der Waals surface area contributed by atoms with E-state index in [-0.39, 0.29) is 12.5 Å². The van der Waals surface area contributed by atoms with Gasteiger partial charge in [0.25, 0.3) is 5.91 Å². The summed E-state index contributed by atoms with van der Waals surface area (Å²) in [6, 6.07) is 9.93. The van der Waals surface area contributed by atoms with Crippen molar-refractivity contribution in [3.8, 4) is 16.3 Å². The van der Waals surface area contributed by atoms with E-state index in [1.807, 2.05) is 37.3 Å². The highest BCUT2D eigenvalue weighted by molar-refractivity contribution is 7.21. The van der Waals surface area contributed by atoms with Crippen LogP contribution in [0, 0.1) is 6.92 Å². The van der Waals surface area contributed by atoms with E-state index in [0.29, 0.717) is 26.5 Å². The quantitative estimate of drug-likeness (QED) is 0.487. The van der Waals surface area contributed by atoms with Gasteiger partial charge in [0.05, 0.1) is 22.3 Å². The lowest BCUT2D eigenvalue weighted by Crippen LogP contribution is -2.11. The van der Waals surface area contributed by atoms with Crippen molar-refractivity contribution in [2.24, 2.45) is 0 Å². The minimum atomic E-state index is -0.227. The molecule has 0 spiro atoms. The summed E-state index contributed by atoms with van der Waals surface area (Å²) in [6.07, 6.45) is 1.76. The van der Waals surface area contributed by atoms with Crippen molar-refractivity contribution in [3.63, 3.8) is 0 Å². The summed E-state index contributed by atoms with van der Waals surface area (Å²) < 4.78 is 10.5. The topological polar surface area (TPSA) is 86.2 Å². The molecular formula is C20H18N4O3S2. The molecule has 0 aliphatic carbocycles. The van der Waals surface area contributed by atoms with E-state index in [9.17, 15) is 4.79 Å². The second-order valence-corrected chi connectivity index (χ2v) is 8.20. The van der Waals surface area contributed by atoms with Crippen LogP contribution in [0.2, 0.25) is 0 Å². The van der Waals surface area contributed by atoms with Gasteiger partial charge >= 0.3 is 0 Å². The Hall–Kier alpha value is -2.88. The van der Waals surface area contributed by atoms with E-state index in [0.717, 1.165) is 21.4 Å². The Morgan fingerprint density at radius 2 is 1.93 bits per heavy atom. The Morgan fingerprint density at radius 1 is 1.14 bits per heavy atom. The number of nitrogens with zero attached hydrogens (tertiary/aromatic N) is 3. The van der Waals surface area contributed by atoms with Gasteiger partial charge < -0.3 is 9.47 Å². The number of carbonyl (C=O) groups excluding carboxylic acids is 1. The van der Waals surface area contributed by atoms with E-state index >= 15 is 0 Å². The average Bonchev–Trinajstić information content (AvgIpc) is 3.33. The highest BCUT2D eigenvalue weighted by Gasteiger charge is 2.22. The minimum Gasteiger partial charge on any atom is -0.480 e. The number of fused-ring (bicyclic) bond motifs is 1. The van der Waals surface area contributed by atoms with E-state index in [1.54, 1.807) is 20.4 Å². The van der Waals surface area contributed by atoms with Gasteiger partial charge in [0.1, 0.15) is 11.4 Å². The number of aryl methyl sites for hydroxylation is 1. The first-order chi connectivity index (χ1) is 14.1. The third kappa shape index (κ3) is 3.84. The summed E-state index contributed by atoms with van der Waals surface area (Å²) in [5.41, 5.74) is 1.84. The molecule has 0 aliphatic rings. The number of carbonyl (C=O) groups is 1. The second-order valence-electron chi connectivity index (χ2n) is 6.17. The van der Waals surface area contributed by atoms with Gasteiger partial charge in [-0.15, -0.1) is 11.3 Å². The lowest BCUT2D eigenvalue weighted by molar-refractivity contribution is 0.103. The highest BCUT2D eigenvalue weighted by Crippen LogP contribution is 2.36. The second kappa shape index (κ2) is 8.24. The first-order valence-corrected chi connectivity index (χ1v) is 10.4. The summed E-state index contributed by atoms with van der Waals surface area (Å²) in [7, 11) is 3.13. The number of hydrogen-bond donors (Lipinski definition) is 1. The van der Waals surface area contributed by atoms with Crippen LogP contribution in [0.15, 0.2) is 36.5 Å². The van der Waals surface area contributed by atoms with E-state index in [4.69, 9.17) is 9.47 Å². The average molecular weight is 427 g/mol. The maximum absolute atomic E-state index is 12.9. The molecule has 0 unspecified atom stereocenters. The number of thiazole rings is 1. The molecule has 4 aromatic rings. The molecule has 29 heavy (non-hydrogen) atoms. The lowest BCUT2D eigenvalue weighted by atomic mass is 10.2. The fraction of sp³-hybridized carbons (Fsp3) is 0.200. The molecule has 0 bridgehead atoms. The van der Waals surface area contributed by atoms with Gasteiger partial charge in [-0.3, -0.25) is 10.1 Å². The molecule has 9 heteroatoms. The predicted molar refractivity (Wildman–Crippen MR) is 115 cm³/mol. The van der Waals surface area contributed by atoms with E-state index in [1.165, 1.54) is 22.7 Å². The number of anilines is 1. The predicted octanol–water partition coefficient (Wildman–Crippen LogP) is 4.53. The van der Waals surface area contributed by atoms with Crippen LogP contribution >= 0.6 is 22.7 Å². The van der Waals surface area contributed by atoms with Gasteiger partial charge in [-0.1, -0.05) is 41.7 Å². The number of benzene rings is 1. The van der Waals surface area contributed by atoms with E-state index < -0.39 is 0 Å². The maximum atomic E-state index is 12.9. The zero-order valence-corrected chi connectivity index (χ0v) is 17.7. The van der Waals surface area contributed by atoms with Crippen molar-refractivity contribution in [1.82, 2.24) is 15.0 Å². The number of amides is 1. The normalized spacial score (nSPS) is 11.0. The van der Waals surface area contributed by atoms with Crippen LogP contribution in [0.3, 0.4) is 0 Å². The van der Waals surface area contributed by atoms with Crippen LogP contribution in [0.1, 0.15) is 21.1 Å². The monoisotopic (exact) mass is 426 g/mol. The van der Waals surface area contributed by atoms with Gasteiger partial charge in [-0.25, -0.2) is 9.97 Å². The smallest absolute Gasteiger partial charge is 0.267 e. The number of aromatic nitrogens is 3. The Balaban J connectivity index is 1.64. The van der Waals surface area contributed by atoms with Crippen LogP contribution in [0.25, 0.3) is 20.7 Å². The molecule has 0 radical (unpaired) electrons. The molecule has 3 heterocycles. The molecule has 0 atom stereocenters. The van der Waals surface area contributed by atoms with Crippen molar-refractivity contribution < 1.29 is 14.3 Å². The Kier molecular flexibility index (Phi) is 5.52. The number of nitrogens with one attached hydrogen (secondary N) is 1. The Bertz CT molecular complexity index is 1170. The first kappa shape index (κ1) is 19.4. The molecule has 0 saturated carbocycles. The molecule has 1 aromatic carbocycles. The van der Waals surface area contributed by atoms with Gasteiger partial charge in [0.15, 0.2) is 11.0 Å². The molecular weight excluding hydrogens is 408 g/mol. The number of methoxy groups -OCH3 is 2. The molecule has 148 valence electrons. The zero-order valence-electron chi connectivity index (χ0n) is 16.1. The standard InChI is InChI=1S/C20H18N4O3S2/c1-11-15-18(27-3)22-14(10-26-2)23-19(15)29-16(11)17(25)24-20-21-9-13(28-20)12-7-5-4-6-8-12/h4-9H,10H2,1-3H3,(H,21,24,25). The molecule has 0 aliphatic heterocycles. The molecule has 1 N–H and O–H groups in total. The van der Waals surface area contributed by atoms with Crippen molar-refractivity contribution >= 4 is 43.9 Å². The highest BCUT2D eigenvalue weighted by atomic mass is 32.1. The third-order valence-corrected chi connectivity index (χ3v) is 6.41. The van der Waals surface area contributed by atoms with Gasteiger partial charge in [-0.05, 0) is 18.1 Å². The van der Waals surface area contributed by atoms with Crippen molar-refractivity contribution in [2.75, 3.05) is 19.5 Å². The van der Waals surface area contributed by atoms with Crippen LogP contribution in [-0.2, 0) is 11.3 Å². The molecule has 1 amide bonds. The van der Waals surface area contributed by atoms with E-state index in [2.05, 4.69) is 20.3 Å². The Labute approximate surface area is 175 Å². The van der Waals surface area contributed by atoms with Gasteiger partial charge in [0, 0.05) is 13.3 Å². The van der Waals surface area contributed by atoms with Crippen LogP contribution in [-0.4, -0.2) is 35.1 Å². The zero-order chi connectivity index (χ0) is 20.4. The summed E-state index contributed by atoms with van der Waals surface area (Å²) in [5, 5.41) is 4.18. The molecule has 4 rings (SSSR count). The molecule has 0 saturated heterocycles. The first-order valence-electron chi connectivity index (χ1n) is 8.76. The SMILES string of the molecule is COCc1nc(OC)c2c(C)c(C(=O)Nc3ncc(-c4ccccc4)s3)sc2n1. The summed E-state index contributed by atoms with van der Waals surface area (Å²) in [6.45, 7) is 2.14. The molecule has 0 fully saturated rings. The van der Waals surface area contributed by atoms with Crippen molar-refractivity contribution in [3.05, 3.63) is 52.8 Å². The van der Waals surface area contributed by atoms with Crippen molar-refractivity contribution in [1.29, 1.82) is 0 Å². The number of hydrogen-bond acceptors (Lipinski definition) is 8. The van der Waals surface area contributed by atoms with Crippen LogP contribution < -0.4 is 10.1 Å². The molecule has 7 nitrogen and oxygen atoms in total. The minimum absolute atomic E-state index is 0.227. The Morgan fingerprint density at radius 3 is 2.66 bits per heavy atom. The van der Waals surface area contributed by atoms with Crippen LogP contribution in [0.4, 0.5) is 5.13 Å². The van der Waals surface area contributed by atoms with Crippen LogP contribution in [0.5, 0.6) is 5.88 Å². The fourth-order valence-corrected chi connectivity index (χ4v) is 4.83.